The highest BCUT2D eigenvalue weighted by atomic mass is 16.5. The molecule has 4 heteroatoms. The Morgan fingerprint density at radius 3 is 2.80 bits per heavy atom. The van der Waals surface area contributed by atoms with Crippen LogP contribution in [0, 0.1) is 13.8 Å². The number of nitrogens with two attached hydrogens (primary N) is 1. The van der Waals surface area contributed by atoms with Crippen LogP contribution in [-0.4, -0.2) is 22.5 Å². The first-order chi connectivity index (χ1) is 7.18. The largest absolute Gasteiger partial charge is 0.396 e. The van der Waals surface area contributed by atoms with Crippen LogP contribution in [0.25, 0.3) is 0 Å². The zero-order valence-electron chi connectivity index (χ0n) is 9.49. The molecule has 0 amide bonds. The van der Waals surface area contributed by atoms with Gasteiger partial charge in [-0.2, -0.15) is 5.10 Å². The van der Waals surface area contributed by atoms with Gasteiger partial charge in [0.05, 0.1) is 29.7 Å². The quantitative estimate of drug-likeness (QED) is 0.805. The summed E-state index contributed by atoms with van der Waals surface area (Å²) in [6.45, 7) is 5.68. The lowest BCUT2D eigenvalue weighted by Crippen LogP contribution is -2.25. The molecule has 0 saturated carbocycles. The summed E-state index contributed by atoms with van der Waals surface area (Å²) in [7, 11) is 0. The molecule has 1 fully saturated rings. The van der Waals surface area contributed by atoms with Crippen molar-refractivity contribution in [3.63, 3.8) is 0 Å². The molecular formula is C11H19N3O. The van der Waals surface area contributed by atoms with Crippen molar-refractivity contribution in [2.24, 2.45) is 0 Å². The maximum Gasteiger partial charge on any atom is 0.0825 e. The maximum atomic E-state index is 5.88. The number of rotatable bonds is 2. The highest BCUT2D eigenvalue weighted by Gasteiger charge is 2.17. The molecule has 1 saturated heterocycles. The number of hydrogen-bond donors (Lipinski definition) is 1. The Balaban J connectivity index is 2.06. The van der Waals surface area contributed by atoms with E-state index in [1.54, 1.807) is 0 Å². The zero-order valence-corrected chi connectivity index (χ0v) is 9.49. The third-order valence-corrected chi connectivity index (χ3v) is 3.09. The average Bonchev–Trinajstić information content (AvgIpc) is 2.48. The second kappa shape index (κ2) is 4.23. The first-order valence-corrected chi connectivity index (χ1v) is 5.59. The minimum Gasteiger partial charge on any atom is -0.396 e. The Morgan fingerprint density at radius 2 is 2.27 bits per heavy atom. The van der Waals surface area contributed by atoms with Gasteiger partial charge in [0, 0.05) is 6.61 Å². The monoisotopic (exact) mass is 209 g/mol. The zero-order chi connectivity index (χ0) is 10.8. The third kappa shape index (κ3) is 2.15. The Kier molecular flexibility index (Phi) is 2.95. The summed E-state index contributed by atoms with van der Waals surface area (Å²) in [5.74, 6) is 0. The van der Waals surface area contributed by atoms with Crippen molar-refractivity contribution in [3.8, 4) is 0 Å². The second-order valence-electron chi connectivity index (χ2n) is 4.26. The summed E-state index contributed by atoms with van der Waals surface area (Å²) >= 11 is 0. The van der Waals surface area contributed by atoms with Gasteiger partial charge in [-0.15, -0.1) is 0 Å². The molecule has 1 aliphatic rings. The molecule has 1 aromatic heterocycles. The Hall–Kier alpha value is -1.03. The molecule has 84 valence electrons. The van der Waals surface area contributed by atoms with E-state index in [9.17, 15) is 0 Å². The number of aryl methyl sites for hydroxylation is 1. The predicted molar refractivity (Wildman–Crippen MR) is 59.7 cm³/mol. The van der Waals surface area contributed by atoms with Crippen LogP contribution >= 0.6 is 0 Å². The lowest BCUT2D eigenvalue weighted by Gasteiger charge is -2.22. The van der Waals surface area contributed by atoms with Crippen molar-refractivity contribution < 1.29 is 4.74 Å². The Morgan fingerprint density at radius 1 is 1.47 bits per heavy atom. The van der Waals surface area contributed by atoms with Crippen LogP contribution in [0.4, 0.5) is 5.69 Å². The molecule has 1 unspecified atom stereocenters. The summed E-state index contributed by atoms with van der Waals surface area (Å²) in [5.41, 5.74) is 8.67. The molecule has 4 nitrogen and oxygen atoms in total. The van der Waals surface area contributed by atoms with Crippen molar-refractivity contribution in [1.29, 1.82) is 0 Å². The van der Waals surface area contributed by atoms with Crippen LogP contribution in [0.3, 0.4) is 0 Å². The maximum absolute atomic E-state index is 5.88. The van der Waals surface area contributed by atoms with Crippen LogP contribution in [0.5, 0.6) is 0 Å². The molecule has 1 aromatic rings. The van der Waals surface area contributed by atoms with E-state index in [4.69, 9.17) is 10.5 Å². The van der Waals surface area contributed by atoms with Gasteiger partial charge in [0.15, 0.2) is 0 Å². The molecule has 0 bridgehead atoms. The van der Waals surface area contributed by atoms with Gasteiger partial charge in [-0.25, -0.2) is 0 Å². The van der Waals surface area contributed by atoms with E-state index in [-0.39, 0.29) is 0 Å². The summed E-state index contributed by atoms with van der Waals surface area (Å²) < 4.78 is 7.66. The molecule has 1 atom stereocenters. The van der Waals surface area contributed by atoms with Crippen molar-refractivity contribution in [1.82, 2.24) is 9.78 Å². The van der Waals surface area contributed by atoms with Crippen LogP contribution in [0.2, 0.25) is 0 Å². The summed E-state index contributed by atoms with van der Waals surface area (Å²) in [6, 6.07) is 0. The highest BCUT2D eigenvalue weighted by molar-refractivity contribution is 5.46. The lowest BCUT2D eigenvalue weighted by atomic mass is 10.1. The van der Waals surface area contributed by atoms with E-state index in [1.807, 2.05) is 18.5 Å². The van der Waals surface area contributed by atoms with E-state index < -0.39 is 0 Å². The van der Waals surface area contributed by atoms with Crippen LogP contribution < -0.4 is 5.73 Å². The minimum absolute atomic E-state index is 0.316. The molecule has 0 aromatic carbocycles. The van der Waals surface area contributed by atoms with Crippen molar-refractivity contribution >= 4 is 5.69 Å². The molecule has 2 rings (SSSR count). The van der Waals surface area contributed by atoms with E-state index in [1.165, 1.54) is 12.8 Å². The SMILES string of the molecule is Cc1nn(CC2CCCCO2)c(C)c1N. The molecule has 0 spiro atoms. The van der Waals surface area contributed by atoms with Crippen molar-refractivity contribution in [2.75, 3.05) is 12.3 Å². The summed E-state index contributed by atoms with van der Waals surface area (Å²) in [5, 5.41) is 4.42. The van der Waals surface area contributed by atoms with Gasteiger partial charge in [0.2, 0.25) is 0 Å². The van der Waals surface area contributed by atoms with Gasteiger partial charge < -0.3 is 10.5 Å². The van der Waals surface area contributed by atoms with Gasteiger partial charge in [0.1, 0.15) is 0 Å². The van der Waals surface area contributed by atoms with Crippen molar-refractivity contribution in [2.45, 2.75) is 45.8 Å². The summed E-state index contributed by atoms with van der Waals surface area (Å²) in [4.78, 5) is 0. The number of hydrogen-bond acceptors (Lipinski definition) is 3. The fourth-order valence-corrected chi connectivity index (χ4v) is 2.03. The van der Waals surface area contributed by atoms with Crippen LogP contribution in [0.15, 0.2) is 0 Å². The molecule has 15 heavy (non-hydrogen) atoms. The smallest absolute Gasteiger partial charge is 0.0825 e. The lowest BCUT2D eigenvalue weighted by molar-refractivity contribution is 0.00363. The van der Waals surface area contributed by atoms with Gasteiger partial charge in [-0.05, 0) is 33.1 Å². The van der Waals surface area contributed by atoms with Gasteiger partial charge in [-0.3, -0.25) is 4.68 Å². The molecule has 2 N–H and O–H groups in total. The van der Waals surface area contributed by atoms with Crippen LogP contribution in [0.1, 0.15) is 30.7 Å². The average molecular weight is 209 g/mol. The Bertz CT molecular complexity index is 340. The molecule has 0 radical (unpaired) electrons. The van der Waals surface area contributed by atoms with Crippen molar-refractivity contribution in [3.05, 3.63) is 11.4 Å². The number of nitrogen functional groups attached to an aromatic ring is 1. The number of ether oxygens (including phenoxy) is 1. The van der Waals surface area contributed by atoms with E-state index in [2.05, 4.69) is 5.10 Å². The van der Waals surface area contributed by atoms with Crippen LogP contribution in [-0.2, 0) is 11.3 Å². The fraction of sp³-hybridized carbons (Fsp3) is 0.727. The third-order valence-electron chi connectivity index (χ3n) is 3.09. The second-order valence-corrected chi connectivity index (χ2v) is 4.26. The summed E-state index contributed by atoms with van der Waals surface area (Å²) in [6.07, 6.45) is 3.91. The molecular weight excluding hydrogens is 190 g/mol. The predicted octanol–water partition coefficient (Wildman–Crippen LogP) is 1.65. The number of aromatic nitrogens is 2. The molecule has 1 aliphatic heterocycles. The highest BCUT2D eigenvalue weighted by Crippen LogP contribution is 2.19. The van der Waals surface area contributed by atoms with E-state index >= 15 is 0 Å². The first-order valence-electron chi connectivity index (χ1n) is 5.59. The van der Waals surface area contributed by atoms with E-state index in [0.29, 0.717) is 6.10 Å². The van der Waals surface area contributed by atoms with Gasteiger partial charge in [0.25, 0.3) is 0 Å². The number of anilines is 1. The van der Waals surface area contributed by atoms with Gasteiger partial charge >= 0.3 is 0 Å². The minimum atomic E-state index is 0.316. The number of nitrogens with zero attached hydrogens (tertiary/aromatic N) is 2. The normalized spacial score (nSPS) is 21.9. The first kappa shape index (κ1) is 10.5. The fourth-order valence-electron chi connectivity index (χ4n) is 2.03. The Labute approximate surface area is 90.4 Å². The standard InChI is InChI=1S/C11H19N3O/c1-8-11(12)9(2)14(13-8)7-10-5-3-4-6-15-10/h10H,3-7,12H2,1-2H3. The van der Waals surface area contributed by atoms with Gasteiger partial charge in [-0.1, -0.05) is 0 Å². The topological polar surface area (TPSA) is 53.1 Å². The molecule has 2 heterocycles. The van der Waals surface area contributed by atoms with E-state index in [0.717, 1.165) is 36.6 Å². The molecule has 0 aliphatic carbocycles.